The van der Waals surface area contributed by atoms with Crippen molar-refractivity contribution >= 4 is 38.9 Å². The van der Waals surface area contributed by atoms with Gasteiger partial charge in [0.05, 0.1) is 22.1 Å². The second-order valence-corrected chi connectivity index (χ2v) is 16.8. The summed E-state index contributed by atoms with van der Waals surface area (Å²) < 4.78 is 2.48. The number of hydrogen-bond acceptors (Lipinski definition) is 1. The summed E-state index contributed by atoms with van der Waals surface area (Å²) in [5.74, 6) is 0. The summed E-state index contributed by atoms with van der Waals surface area (Å²) in [5, 5.41) is 2.59. The first-order chi connectivity index (χ1) is 29.6. The Morgan fingerprint density at radius 3 is 1.65 bits per heavy atom. The molecule has 0 bridgehead atoms. The number of nitrogens with zero attached hydrogens (tertiary/aromatic N) is 2. The lowest BCUT2D eigenvalue weighted by atomic mass is 9.67. The minimum absolute atomic E-state index is 0.259. The van der Waals surface area contributed by atoms with E-state index in [9.17, 15) is 0 Å². The van der Waals surface area contributed by atoms with Gasteiger partial charge >= 0.3 is 0 Å². The molecule has 0 fully saturated rings. The second-order valence-electron chi connectivity index (χ2n) is 16.8. The van der Waals surface area contributed by atoms with Gasteiger partial charge in [0.15, 0.2) is 0 Å². The van der Waals surface area contributed by atoms with E-state index in [0.717, 1.165) is 17.1 Å². The summed E-state index contributed by atoms with van der Waals surface area (Å²) in [6.07, 6.45) is 0. The largest absolute Gasteiger partial charge is 0.310 e. The summed E-state index contributed by atoms with van der Waals surface area (Å²) in [4.78, 5) is 2.53. The van der Waals surface area contributed by atoms with Gasteiger partial charge in [-0.1, -0.05) is 184 Å². The van der Waals surface area contributed by atoms with Crippen molar-refractivity contribution in [1.82, 2.24) is 4.57 Å². The molecule has 0 unspecified atom stereocenters. The maximum atomic E-state index is 2.53. The highest BCUT2D eigenvalue weighted by atomic mass is 15.1. The van der Waals surface area contributed by atoms with Crippen LogP contribution in [-0.4, -0.2) is 4.57 Å². The third-order valence-electron chi connectivity index (χ3n) is 13.4. The van der Waals surface area contributed by atoms with Gasteiger partial charge in [-0.05, 0) is 98.6 Å². The molecule has 0 spiro atoms. The van der Waals surface area contributed by atoms with E-state index in [2.05, 4.69) is 242 Å². The zero-order valence-corrected chi connectivity index (χ0v) is 33.7. The maximum Gasteiger partial charge on any atom is 0.0714 e. The van der Waals surface area contributed by atoms with Crippen LogP contribution in [0.5, 0.6) is 0 Å². The van der Waals surface area contributed by atoms with Gasteiger partial charge in [-0.25, -0.2) is 0 Å². The van der Waals surface area contributed by atoms with Crippen molar-refractivity contribution in [2.24, 2.45) is 0 Å². The van der Waals surface area contributed by atoms with Crippen molar-refractivity contribution in [1.29, 1.82) is 0 Å². The van der Waals surface area contributed by atoms with E-state index >= 15 is 0 Å². The Labute approximate surface area is 351 Å². The predicted octanol–water partition coefficient (Wildman–Crippen LogP) is 14.9. The number of benzene rings is 9. The first-order valence-corrected chi connectivity index (χ1v) is 21.0. The van der Waals surface area contributed by atoms with Gasteiger partial charge in [-0.3, -0.25) is 0 Å². The molecular weight excluding hydrogens is 725 g/mol. The highest BCUT2D eigenvalue weighted by molar-refractivity contribution is 6.17. The lowest BCUT2D eigenvalue weighted by Gasteiger charge is -2.35. The van der Waals surface area contributed by atoms with E-state index in [1.54, 1.807) is 0 Å². The molecule has 0 N–H and O–H groups in total. The van der Waals surface area contributed by atoms with Crippen molar-refractivity contribution in [3.05, 3.63) is 252 Å². The number of hydrogen-bond donors (Lipinski definition) is 0. The number of fused-ring (bicyclic) bond motifs is 10. The van der Waals surface area contributed by atoms with Gasteiger partial charge in [0, 0.05) is 38.8 Å². The molecule has 2 nitrogen and oxygen atoms in total. The lowest BCUT2D eigenvalue weighted by Crippen LogP contribution is -2.28. The van der Waals surface area contributed by atoms with Crippen LogP contribution in [0.2, 0.25) is 0 Å². The monoisotopic (exact) mass is 766 g/mol. The standard InChI is InChI=1S/C58H42N2/c1-57(2)48-33-16-14-31-46(48)54-52(38-53-55(56(54)57)47-32-15-19-36-51(47)60(53)42-26-10-5-11-27-42)59(41-24-8-4-9-25-41)43-28-20-23-40(37-43)58(39-21-6-3-7-22-39)49-34-17-12-29-44(49)45-30-13-18-35-50(45)58/h3-38H,1-2H3. The molecule has 2 aliphatic rings. The Bertz CT molecular complexity index is 3240. The first kappa shape index (κ1) is 34.6. The van der Waals surface area contributed by atoms with Gasteiger partial charge in [0.1, 0.15) is 0 Å². The summed E-state index contributed by atoms with van der Waals surface area (Å²) in [6, 6.07) is 80.9. The molecule has 1 heterocycles. The molecule has 12 rings (SSSR count). The van der Waals surface area contributed by atoms with Gasteiger partial charge in [0.2, 0.25) is 0 Å². The second kappa shape index (κ2) is 13.0. The number of anilines is 3. The SMILES string of the molecule is CC1(C)c2ccccc2-c2c(N(c3ccccc3)c3cccc(C4(c5ccccc5)c5ccccc5-c5ccccc54)c3)cc3c(c21)c1ccccc1n3-c1ccccc1. The fourth-order valence-corrected chi connectivity index (χ4v) is 11.0. The summed E-state index contributed by atoms with van der Waals surface area (Å²) >= 11 is 0. The molecule has 0 atom stereocenters. The lowest BCUT2D eigenvalue weighted by molar-refractivity contribution is 0.666. The zero-order chi connectivity index (χ0) is 40.0. The van der Waals surface area contributed by atoms with Crippen LogP contribution in [0.4, 0.5) is 17.1 Å². The number of para-hydroxylation sites is 3. The van der Waals surface area contributed by atoms with E-state index in [1.807, 2.05) is 0 Å². The Hall–Kier alpha value is -7.42. The van der Waals surface area contributed by atoms with Crippen molar-refractivity contribution in [3.63, 3.8) is 0 Å². The van der Waals surface area contributed by atoms with E-state index in [4.69, 9.17) is 0 Å². The van der Waals surface area contributed by atoms with Crippen LogP contribution in [0.1, 0.15) is 47.2 Å². The topological polar surface area (TPSA) is 8.17 Å². The van der Waals surface area contributed by atoms with E-state index < -0.39 is 5.41 Å². The fourth-order valence-electron chi connectivity index (χ4n) is 11.0. The minimum atomic E-state index is -0.521. The van der Waals surface area contributed by atoms with Crippen LogP contribution in [-0.2, 0) is 10.8 Å². The molecule has 0 saturated carbocycles. The van der Waals surface area contributed by atoms with Crippen LogP contribution in [0.15, 0.2) is 218 Å². The molecule has 0 radical (unpaired) electrons. The fraction of sp³-hybridized carbons (Fsp3) is 0.0690. The molecule has 60 heavy (non-hydrogen) atoms. The molecule has 1 aromatic heterocycles. The Morgan fingerprint density at radius 1 is 0.417 bits per heavy atom. The van der Waals surface area contributed by atoms with Gasteiger partial charge in [0.25, 0.3) is 0 Å². The van der Waals surface area contributed by atoms with Crippen molar-refractivity contribution in [2.45, 2.75) is 24.7 Å². The van der Waals surface area contributed by atoms with Crippen LogP contribution >= 0.6 is 0 Å². The normalized spacial score (nSPS) is 14.1. The zero-order valence-electron chi connectivity index (χ0n) is 33.7. The molecule has 2 aliphatic carbocycles. The molecule has 0 saturated heterocycles. The summed E-state index contributed by atoms with van der Waals surface area (Å²) in [5.41, 5.74) is 19.2. The number of aromatic nitrogens is 1. The number of rotatable bonds is 6. The molecule has 0 amide bonds. The highest BCUT2D eigenvalue weighted by Gasteiger charge is 2.46. The Kier molecular flexibility index (Phi) is 7.52. The van der Waals surface area contributed by atoms with Crippen LogP contribution in [0.25, 0.3) is 49.7 Å². The minimum Gasteiger partial charge on any atom is -0.310 e. The van der Waals surface area contributed by atoms with Crippen LogP contribution in [0.3, 0.4) is 0 Å². The van der Waals surface area contributed by atoms with E-state index in [0.29, 0.717) is 0 Å². The smallest absolute Gasteiger partial charge is 0.0714 e. The van der Waals surface area contributed by atoms with Gasteiger partial charge in [-0.15, -0.1) is 0 Å². The van der Waals surface area contributed by atoms with Gasteiger partial charge in [-0.2, -0.15) is 0 Å². The Morgan fingerprint density at radius 2 is 0.950 bits per heavy atom. The average Bonchev–Trinajstić information content (AvgIpc) is 3.89. The van der Waals surface area contributed by atoms with Crippen LogP contribution < -0.4 is 4.90 Å². The molecule has 2 heteroatoms. The Balaban J connectivity index is 1.21. The maximum absolute atomic E-state index is 2.53. The molecule has 9 aromatic carbocycles. The van der Waals surface area contributed by atoms with E-state index in [1.165, 1.54) is 83.1 Å². The van der Waals surface area contributed by atoms with Gasteiger partial charge < -0.3 is 9.47 Å². The molecule has 0 aliphatic heterocycles. The summed E-state index contributed by atoms with van der Waals surface area (Å²) in [6.45, 7) is 4.84. The highest BCUT2D eigenvalue weighted by Crippen LogP contribution is 2.60. The van der Waals surface area contributed by atoms with Crippen LogP contribution in [0, 0.1) is 0 Å². The quantitative estimate of drug-likeness (QED) is 0.164. The third-order valence-corrected chi connectivity index (χ3v) is 13.4. The molecule has 284 valence electrons. The third kappa shape index (κ3) is 4.70. The van der Waals surface area contributed by atoms with Crippen molar-refractivity contribution in [3.8, 4) is 27.9 Å². The first-order valence-electron chi connectivity index (χ1n) is 21.0. The average molecular weight is 767 g/mol. The van der Waals surface area contributed by atoms with Crippen molar-refractivity contribution < 1.29 is 0 Å². The van der Waals surface area contributed by atoms with Crippen molar-refractivity contribution in [2.75, 3.05) is 4.90 Å². The summed E-state index contributed by atoms with van der Waals surface area (Å²) in [7, 11) is 0. The molecule has 10 aromatic rings. The van der Waals surface area contributed by atoms with E-state index in [-0.39, 0.29) is 5.41 Å². The predicted molar refractivity (Wildman–Crippen MR) is 250 cm³/mol. The molecular formula is C58H42N2.